The van der Waals surface area contributed by atoms with Crippen LogP contribution < -0.4 is 5.32 Å². The average molecular weight is 452 g/mol. The highest BCUT2D eigenvalue weighted by Crippen LogP contribution is 2.37. The average Bonchev–Trinajstić information content (AvgIpc) is 3.30. The summed E-state index contributed by atoms with van der Waals surface area (Å²) in [4.78, 5) is 29.0. The molecule has 30 heavy (non-hydrogen) atoms. The van der Waals surface area contributed by atoms with Gasteiger partial charge in [-0.15, -0.1) is 11.3 Å². The maximum Gasteiger partial charge on any atom is 0.490 e. The van der Waals surface area contributed by atoms with Crippen LogP contribution in [0.5, 0.6) is 0 Å². The van der Waals surface area contributed by atoms with E-state index in [2.05, 4.69) is 15.2 Å². The Morgan fingerprint density at radius 2 is 2.13 bits per heavy atom. The molecule has 1 aromatic heterocycles. The molecule has 2 atom stereocenters. The highest BCUT2D eigenvalue weighted by molar-refractivity contribution is 7.09. The number of carbonyl (C=O) groups excluding carboxylic acids is 1. The van der Waals surface area contributed by atoms with Crippen molar-refractivity contribution < 1.29 is 32.6 Å². The molecule has 2 N–H and O–H groups in total. The number of likely N-dealkylation sites (tertiary alicyclic amines) is 1. The molecule has 3 heterocycles. The zero-order valence-electron chi connectivity index (χ0n) is 16.9. The van der Waals surface area contributed by atoms with Gasteiger partial charge in [0, 0.05) is 45.3 Å². The summed E-state index contributed by atoms with van der Waals surface area (Å²) < 4.78 is 38.2. The molecule has 0 aliphatic carbocycles. The molecule has 2 aliphatic rings. The fraction of sp³-hybridized carbons (Fsp3) is 0.722. The van der Waals surface area contributed by atoms with Crippen LogP contribution in [-0.2, 0) is 16.1 Å². The van der Waals surface area contributed by atoms with Crippen LogP contribution in [0.2, 0.25) is 0 Å². The molecule has 8 nitrogen and oxygen atoms in total. The van der Waals surface area contributed by atoms with Crippen LogP contribution in [0.3, 0.4) is 0 Å². The van der Waals surface area contributed by atoms with E-state index < -0.39 is 12.1 Å². The van der Waals surface area contributed by atoms with Gasteiger partial charge in [0.15, 0.2) is 0 Å². The Morgan fingerprint density at radius 1 is 1.43 bits per heavy atom. The standard InChI is InChI=1S/C16H26N4O2S.C2HF3O2/c1-19(2)15(21)18-10-13-4-3-5-16(22-13)6-8-20(12-16)11-14-17-7-9-23-14;3-2(4,5)1(6)7/h7,9,13H,3-6,8,10-12H2,1-2H3,(H,18,21);(H,6,7)/t13-,16+;/m0./s1. The Morgan fingerprint density at radius 3 is 2.70 bits per heavy atom. The number of carboxylic acids is 1. The van der Waals surface area contributed by atoms with Crippen LogP contribution in [0.15, 0.2) is 11.6 Å². The van der Waals surface area contributed by atoms with Gasteiger partial charge in [-0.25, -0.2) is 14.6 Å². The lowest BCUT2D eigenvalue weighted by molar-refractivity contribution is -0.192. The number of amides is 2. The van der Waals surface area contributed by atoms with Crippen molar-refractivity contribution in [2.45, 2.75) is 50.1 Å². The fourth-order valence-electron chi connectivity index (χ4n) is 3.51. The van der Waals surface area contributed by atoms with Gasteiger partial charge in [-0.05, 0) is 25.7 Å². The number of alkyl halides is 3. The van der Waals surface area contributed by atoms with Crippen LogP contribution in [0.4, 0.5) is 18.0 Å². The van der Waals surface area contributed by atoms with E-state index in [0.29, 0.717) is 6.54 Å². The van der Waals surface area contributed by atoms with Crippen molar-refractivity contribution in [1.29, 1.82) is 0 Å². The summed E-state index contributed by atoms with van der Waals surface area (Å²) >= 11 is 1.71. The van der Waals surface area contributed by atoms with Crippen molar-refractivity contribution in [3.8, 4) is 0 Å². The van der Waals surface area contributed by atoms with E-state index in [-0.39, 0.29) is 17.7 Å². The maximum atomic E-state index is 11.7. The maximum absolute atomic E-state index is 11.7. The first-order valence-corrected chi connectivity index (χ1v) is 10.4. The first kappa shape index (κ1) is 24.4. The number of rotatable bonds is 4. The second kappa shape index (κ2) is 10.4. The number of ether oxygens (including phenoxy) is 1. The lowest BCUT2D eigenvalue weighted by Gasteiger charge is -2.39. The lowest BCUT2D eigenvalue weighted by Crippen LogP contribution is -2.48. The van der Waals surface area contributed by atoms with Crippen LogP contribution in [0.1, 0.15) is 30.7 Å². The second-order valence-corrected chi connectivity index (χ2v) is 8.56. The summed E-state index contributed by atoms with van der Waals surface area (Å²) in [6.45, 7) is 3.57. The van der Waals surface area contributed by atoms with Gasteiger partial charge < -0.3 is 20.1 Å². The number of aliphatic carboxylic acids is 1. The van der Waals surface area contributed by atoms with Crippen molar-refractivity contribution in [2.75, 3.05) is 33.7 Å². The van der Waals surface area contributed by atoms with Crippen molar-refractivity contribution in [3.05, 3.63) is 16.6 Å². The van der Waals surface area contributed by atoms with Crippen LogP contribution >= 0.6 is 11.3 Å². The Kier molecular flexibility index (Phi) is 8.44. The van der Waals surface area contributed by atoms with Crippen molar-refractivity contribution in [3.63, 3.8) is 0 Å². The molecule has 0 aromatic carbocycles. The number of urea groups is 1. The van der Waals surface area contributed by atoms with E-state index in [1.54, 1.807) is 30.3 Å². The third-order valence-electron chi connectivity index (χ3n) is 4.94. The molecule has 2 saturated heterocycles. The zero-order valence-corrected chi connectivity index (χ0v) is 17.8. The number of carbonyl (C=O) groups is 2. The van der Waals surface area contributed by atoms with Gasteiger partial charge >= 0.3 is 18.2 Å². The summed E-state index contributed by atoms with van der Waals surface area (Å²) in [7, 11) is 3.51. The van der Waals surface area contributed by atoms with E-state index in [9.17, 15) is 18.0 Å². The molecule has 0 saturated carbocycles. The van der Waals surface area contributed by atoms with Crippen LogP contribution in [0, 0.1) is 0 Å². The van der Waals surface area contributed by atoms with E-state index in [1.165, 1.54) is 11.4 Å². The van der Waals surface area contributed by atoms with Crippen molar-refractivity contribution in [1.82, 2.24) is 20.1 Å². The molecule has 2 aliphatic heterocycles. The highest BCUT2D eigenvalue weighted by atomic mass is 32.1. The molecule has 2 fully saturated rings. The van der Waals surface area contributed by atoms with Gasteiger partial charge in [0.25, 0.3) is 0 Å². The highest BCUT2D eigenvalue weighted by Gasteiger charge is 2.43. The molecule has 0 radical (unpaired) electrons. The fourth-order valence-corrected chi connectivity index (χ4v) is 4.17. The molecule has 1 aromatic rings. The predicted octanol–water partition coefficient (Wildman–Crippen LogP) is 2.56. The van der Waals surface area contributed by atoms with Crippen molar-refractivity contribution >= 4 is 23.3 Å². The molecular weight excluding hydrogens is 425 g/mol. The first-order chi connectivity index (χ1) is 14.0. The number of nitrogens with zero attached hydrogens (tertiary/aromatic N) is 3. The molecule has 3 rings (SSSR count). The minimum absolute atomic E-state index is 0.0248. The minimum Gasteiger partial charge on any atom is -0.475 e. The smallest absolute Gasteiger partial charge is 0.475 e. The SMILES string of the molecule is CN(C)C(=O)NC[C@@H]1CCC[C@]2(CCN(Cc3nccs3)C2)O1.O=C(O)C(F)(F)F. The van der Waals surface area contributed by atoms with E-state index in [0.717, 1.165) is 38.9 Å². The first-order valence-electron chi connectivity index (χ1n) is 9.54. The second-order valence-electron chi connectivity index (χ2n) is 7.58. The third-order valence-corrected chi connectivity index (χ3v) is 5.71. The predicted molar refractivity (Wildman–Crippen MR) is 104 cm³/mol. The largest absolute Gasteiger partial charge is 0.490 e. The zero-order chi connectivity index (χ0) is 22.4. The van der Waals surface area contributed by atoms with E-state index in [4.69, 9.17) is 14.6 Å². The molecule has 2 amide bonds. The number of nitrogens with one attached hydrogen (secondary N) is 1. The number of halogens is 3. The monoisotopic (exact) mass is 452 g/mol. The topological polar surface area (TPSA) is 95.0 Å². The van der Waals surface area contributed by atoms with Crippen molar-refractivity contribution in [2.24, 2.45) is 0 Å². The molecule has 170 valence electrons. The summed E-state index contributed by atoms with van der Waals surface area (Å²) in [6, 6.07) is -0.0509. The van der Waals surface area contributed by atoms with Gasteiger partial charge in [0.2, 0.25) is 0 Å². The Labute approximate surface area is 177 Å². The molecule has 0 unspecified atom stereocenters. The Balaban J connectivity index is 0.000000396. The summed E-state index contributed by atoms with van der Waals surface area (Å²) in [5, 5.41) is 13.3. The Bertz CT molecular complexity index is 702. The number of carboxylic acid groups (broad SMARTS) is 1. The quantitative estimate of drug-likeness (QED) is 0.729. The van der Waals surface area contributed by atoms with E-state index in [1.807, 2.05) is 11.6 Å². The van der Waals surface area contributed by atoms with Gasteiger partial charge in [-0.2, -0.15) is 13.2 Å². The number of aromatic nitrogens is 1. The van der Waals surface area contributed by atoms with Crippen LogP contribution in [0.25, 0.3) is 0 Å². The lowest BCUT2D eigenvalue weighted by atomic mass is 9.90. The summed E-state index contributed by atoms with van der Waals surface area (Å²) in [5.74, 6) is -2.76. The molecular formula is C18H27F3N4O4S. The normalized spacial score (nSPS) is 24.2. The number of hydrogen-bond acceptors (Lipinski definition) is 6. The molecule has 12 heteroatoms. The summed E-state index contributed by atoms with van der Waals surface area (Å²) in [5.41, 5.74) is -0.0248. The minimum atomic E-state index is -5.08. The summed E-state index contributed by atoms with van der Waals surface area (Å²) in [6.07, 6.45) is 1.32. The van der Waals surface area contributed by atoms with Gasteiger partial charge in [-0.1, -0.05) is 0 Å². The molecule has 1 spiro atoms. The third kappa shape index (κ3) is 7.40. The number of hydrogen-bond donors (Lipinski definition) is 2. The Hall–Kier alpha value is -1.92. The van der Waals surface area contributed by atoms with Gasteiger partial charge in [-0.3, -0.25) is 4.90 Å². The van der Waals surface area contributed by atoms with Crippen LogP contribution in [-0.4, -0.2) is 83.5 Å². The van der Waals surface area contributed by atoms with Gasteiger partial charge in [0.1, 0.15) is 5.01 Å². The number of thiazole rings is 1. The van der Waals surface area contributed by atoms with E-state index >= 15 is 0 Å². The van der Waals surface area contributed by atoms with Gasteiger partial charge in [0.05, 0.1) is 18.2 Å². The molecule has 0 bridgehead atoms.